The van der Waals surface area contributed by atoms with Gasteiger partial charge in [0.2, 0.25) is 10.0 Å². The van der Waals surface area contributed by atoms with Gasteiger partial charge in [0.15, 0.2) is 11.5 Å². The van der Waals surface area contributed by atoms with Gasteiger partial charge in [-0.15, -0.1) is 0 Å². The fraction of sp³-hybridized carbons (Fsp3) is 0.0952. The van der Waals surface area contributed by atoms with E-state index < -0.39 is 39.1 Å². The van der Waals surface area contributed by atoms with E-state index in [0.717, 1.165) is 24.3 Å². The lowest BCUT2D eigenvalue weighted by molar-refractivity contribution is -0.137. The minimum atomic E-state index is -4.76. The molecule has 0 radical (unpaired) electrons. The minimum Gasteiger partial charge on any atom is -0.493 e. The van der Waals surface area contributed by atoms with Crippen molar-refractivity contribution in [2.45, 2.75) is 11.1 Å². The highest BCUT2D eigenvalue weighted by Gasteiger charge is 2.32. The van der Waals surface area contributed by atoms with Crippen molar-refractivity contribution in [3.63, 3.8) is 0 Å². The Morgan fingerprint density at radius 1 is 0.970 bits per heavy atom. The van der Waals surface area contributed by atoms with Crippen LogP contribution in [-0.4, -0.2) is 21.4 Å². The number of nitrogens with two attached hydrogens (primary N) is 1. The lowest BCUT2D eigenvalue weighted by atomic mass is 10.1. The zero-order valence-corrected chi connectivity index (χ0v) is 17.6. The predicted molar refractivity (Wildman–Crippen MR) is 110 cm³/mol. The maximum absolute atomic E-state index is 13.4. The highest BCUT2D eigenvalue weighted by Crippen LogP contribution is 2.37. The number of rotatable bonds is 6. The second-order valence-electron chi connectivity index (χ2n) is 6.63. The van der Waals surface area contributed by atoms with Gasteiger partial charge in [-0.25, -0.2) is 17.9 Å². The Labute approximate surface area is 185 Å². The zero-order chi connectivity index (χ0) is 24.4. The fourth-order valence-corrected chi connectivity index (χ4v) is 3.33. The van der Waals surface area contributed by atoms with E-state index in [1.54, 1.807) is 0 Å². The average molecular weight is 484 g/mol. The number of sulfonamides is 1. The second-order valence-corrected chi connectivity index (χ2v) is 8.19. The molecule has 0 heterocycles. The first-order valence-corrected chi connectivity index (χ1v) is 10.6. The van der Waals surface area contributed by atoms with Crippen molar-refractivity contribution < 1.29 is 40.2 Å². The second kappa shape index (κ2) is 9.08. The Kier molecular flexibility index (Phi) is 6.60. The van der Waals surface area contributed by atoms with Gasteiger partial charge in [0.25, 0.3) is 5.91 Å². The van der Waals surface area contributed by atoms with Gasteiger partial charge in [0.05, 0.1) is 23.1 Å². The van der Waals surface area contributed by atoms with Crippen molar-refractivity contribution >= 4 is 21.6 Å². The van der Waals surface area contributed by atoms with Crippen LogP contribution >= 0.6 is 0 Å². The van der Waals surface area contributed by atoms with E-state index in [9.17, 15) is 30.8 Å². The molecule has 3 aromatic rings. The lowest BCUT2D eigenvalue weighted by Gasteiger charge is -2.16. The lowest BCUT2D eigenvalue weighted by Crippen LogP contribution is -2.16. The molecule has 12 heteroatoms. The number of benzene rings is 3. The van der Waals surface area contributed by atoms with E-state index >= 15 is 0 Å². The van der Waals surface area contributed by atoms with Crippen LogP contribution in [-0.2, 0) is 16.2 Å². The number of primary sulfonamides is 1. The molecule has 1 amide bonds. The summed E-state index contributed by atoms with van der Waals surface area (Å²) in [5.41, 5.74) is -1.67. The smallest absolute Gasteiger partial charge is 0.416 e. The van der Waals surface area contributed by atoms with Crippen LogP contribution in [0.5, 0.6) is 17.2 Å². The fourth-order valence-electron chi connectivity index (χ4n) is 2.77. The molecule has 0 spiro atoms. The van der Waals surface area contributed by atoms with Gasteiger partial charge in [-0.2, -0.15) is 13.2 Å². The Morgan fingerprint density at radius 2 is 1.67 bits per heavy atom. The van der Waals surface area contributed by atoms with Crippen LogP contribution in [0.4, 0.5) is 23.2 Å². The first kappa shape index (κ1) is 24.0. The average Bonchev–Trinajstić information content (AvgIpc) is 2.74. The van der Waals surface area contributed by atoms with Crippen LogP contribution in [0, 0.1) is 5.82 Å². The normalized spacial score (nSPS) is 11.7. The summed E-state index contributed by atoms with van der Waals surface area (Å²) < 4.78 is 86.8. The molecule has 3 aromatic carbocycles. The molecule has 7 nitrogen and oxygen atoms in total. The summed E-state index contributed by atoms with van der Waals surface area (Å²) in [5.74, 6) is -2.05. The van der Waals surface area contributed by atoms with Crippen LogP contribution in [0.2, 0.25) is 0 Å². The number of halogens is 4. The molecule has 0 fully saturated rings. The van der Waals surface area contributed by atoms with E-state index in [1.165, 1.54) is 31.4 Å². The van der Waals surface area contributed by atoms with Gasteiger partial charge in [-0.05, 0) is 48.5 Å². The van der Waals surface area contributed by atoms with Gasteiger partial charge >= 0.3 is 6.18 Å². The SMILES string of the molecule is COc1cc(F)ccc1Oc1ccc(C(F)(F)F)cc1C(=O)Nc1cccc(S(N)(=O)=O)c1. The Balaban J connectivity index is 2.02. The third-order valence-electron chi connectivity index (χ3n) is 4.32. The maximum Gasteiger partial charge on any atom is 0.416 e. The first-order valence-electron chi connectivity index (χ1n) is 9.05. The Bertz CT molecular complexity index is 1310. The molecule has 33 heavy (non-hydrogen) atoms. The summed E-state index contributed by atoms with van der Waals surface area (Å²) in [5, 5.41) is 7.38. The number of alkyl halides is 3. The number of amides is 1. The molecule has 0 aliphatic carbocycles. The third-order valence-corrected chi connectivity index (χ3v) is 5.23. The van der Waals surface area contributed by atoms with Crippen molar-refractivity contribution in [1.29, 1.82) is 0 Å². The molecule has 0 aliphatic rings. The molecule has 3 rings (SSSR count). The minimum absolute atomic E-state index is 0.0331. The molecule has 174 valence electrons. The van der Waals surface area contributed by atoms with Crippen molar-refractivity contribution in [2.24, 2.45) is 5.14 Å². The first-order chi connectivity index (χ1) is 15.4. The number of ether oxygens (including phenoxy) is 2. The number of hydrogen-bond donors (Lipinski definition) is 2. The molecule has 3 N–H and O–H groups in total. The summed E-state index contributed by atoms with van der Waals surface area (Å²) in [4.78, 5) is 12.5. The molecule has 0 bridgehead atoms. The van der Waals surface area contributed by atoms with Gasteiger partial charge in [0.1, 0.15) is 11.6 Å². The number of hydrogen-bond acceptors (Lipinski definition) is 5. The van der Waals surface area contributed by atoms with E-state index in [4.69, 9.17) is 14.6 Å². The number of methoxy groups -OCH3 is 1. The number of carbonyl (C=O) groups excluding carboxylic acids is 1. The largest absolute Gasteiger partial charge is 0.493 e. The van der Waals surface area contributed by atoms with Crippen LogP contribution in [0.3, 0.4) is 0 Å². The van der Waals surface area contributed by atoms with E-state index in [0.29, 0.717) is 12.1 Å². The van der Waals surface area contributed by atoms with Crippen LogP contribution < -0.4 is 19.9 Å². The highest BCUT2D eigenvalue weighted by atomic mass is 32.2. The Hall–Kier alpha value is -3.64. The van der Waals surface area contributed by atoms with E-state index in [1.807, 2.05) is 0 Å². The van der Waals surface area contributed by atoms with Gasteiger partial charge in [-0.3, -0.25) is 4.79 Å². The van der Waals surface area contributed by atoms with Crippen LogP contribution in [0.25, 0.3) is 0 Å². The monoisotopic (exact) mass is 484 g/mol. The maximum atomic E-state index is 13.4. The summed E-state index contributed by atoms with van der Waals surface area (Å²) in [6, 6.07) is 10.3. The molecule has 0 saturated carbocycles. The number of anilines is 1. The van der Waals surface area contributed by atoms with Crippen LogP contribution in [0.1, 0.15) is 15.9 Å². The van der Waals surface area contributed by atoms with Crippen LogP contribution in [0.15, 0.2) is 65.6 Å². The quantitative estimate of drug-likeness (QED) is 0.500. The van der Waals surface area contributed by atoms with Crippen molar-refractivity contribution in [2.75, 3.05) is 12.4 Å². The van der Waals surface area contributed by atoms with Gasteiger partial charge in [-0.1, -0.05) is 6.07 Å². The van der Waals surface area contributed by atoms with Crippen molar-refractivity contribution in [3.05, 3.63) is 77.6 Å². The summed E-state index contributed by atoms with van der Waals surface area (Å²) >= 11 is 0. The molecular weight excluding hydrogens is 468 g/mol. The summed E-state index contributed by atoms with van der Waals surface area (Å²) in [6.07, 6.45) is -4.76. The molecule has 0 atom stereocenters. The van der Waals surface area contributed by atoms with Gasteiger partial charge < -0.3 is 14.8 Å². The molecule has 0 aromatic heterocycles. The molecule has 0 aliphatic heterocycles. The summed E-state index contributed by atoms with van der Waals surface area (Å²) in [6.45, 7) is 0. The molecular formula is C21H16F4N2O5S. The van der Waals surface area contributed by atoms with Gasteiger partial charge in [0, 0.05) is 11.8 Å². The molecule has 0 saturated heterocycles. The molecule has 0 unspecified atom stereocenters. The van der Waals surface area contributed by atoms with E-state index in [2.05, 4.69) is 5.32 Å². The topological polar surface area (TPSA) is 108 Å². The zero-order valence-electron chi connectivity index (χ0n) is 16.8. The number of carbonyl (C=O) groups is 1. The van der Waals surface area contributed by atoms with Crippen molar-refractivity contribution in [1.82, 2.24) is 0 Å². The predicted octanol–water partition coefficient (Wildman–Crippen LogP) is 4.55. The van der Waals surface area contributed by atoms with Crippen molar-refractivity contribution in [3.8, 4) is 17.2 Å². The standard InChI is InChI=1S/C21H16F4N2O5S/c1-31-19-10-13(22)6-8-18(19)32-17-7-5-12(21(23,24)25)9-16(17)20(28)27-14-3-2-4-15(11-14)33(26,29)30/h2-11H,1H3,(H,27,28)(H2,26,29,30). The highest BCUT2D eigenvalue weighted by molar-refractivity contribution is 7.89. The number of nitrogens with one attached hydrogen (secondary N) is 1. The Morgan fingerprint density at radius 3 is 2.30 bits per heavy atom. The third kappa shape index (κ3) is 5.79. The summed E-state index contributed by atoms with van der Waals surface area (Å²) in [7, 11) is -2.84. The van der Waals surface area contributed by atoms with E-state index in [-0.39, 0.29) is 27.8 Å².